The van der Waals surface area contributed by atoms with Crippen LogP contribution in [0.25, 0.3) is 0 Å². The lowest BCUT2D eigenvalue weighted by atomic mass is 10.1. The van der Waals surface area contributed by atoms with E-state index < -0.39 is 11.7 Å². The van der Waals surface area contributed by atoms with Crippen LogP contribution in [0.5, 0.6) is 0 Å². The smallest absolute Gasteiger partial charge is 0.381 e. The van der Waals surface area contributed by atoms with Gasteiger partial charge in [-0.1, -0.05) is 34.1 Å². The van der Waals surface area contributed by atoms with Crippen molar-refractivity contribution < 1.29 is 13.2 Å². The maximum atomic E-state index is 12.6. The van der Waals surface area contributed by atoms with Gasteiger partial charge < -0.3 is 5.32 Å². The molecule has 0 amide bonds. The summed E-state index contributed by atoms with van der Waals surface area (Å²) in [6.07, 6.45) is -4.30. The molecule has 0 atom stereocenters. The summed E-state index contributed by atoms with van der Waals surface area (Å²) < 4.78 is 38.6. The SMILES string of the molecule is FC(F)(F)c1cccc(CNc2cccc(Br)c2)c1. The predicted molar refractivity (Wildman–Crippen MR) is 72.9 cm³/mol. The minimum atomic E-state index is -4.30. The molecule has 0 bridgehead atoms. The van der Waals surface area contributed by atoms with Gasteiger partial charge in [-0.05, 0) is 35.9 Å². The molecular weight excluding hydrogens is 319 g/mol. The van der Waals surface area contributed by atoms with Crippen LogP contribution in [0.1, 0.15) is 11.1 Å². The van der Waals surface area contributed by atoms with Gasteiger partial charge in [0.05, 0.1) is 5.56 Å². The first-order valence-corrected chi connectivity index (χ1v) is 6.40. The number of hydrogen-bond donors (Lipinski definition) is 1. The molecule has 1 nitrogen and oxygen atoms in total. The molecule has 19 heavy (non-hydrogen) atoms. The lowest BCUT2D eigenvalue weighted by Gasteiger charge is -2.10. The molecule has 2 aromatic rings. The van der Waals surface area contributed by atoms with E-state index in [1.807, 2.05) is 24.3 Å². The van der Waals surface area contributed by atoms with E-state index in [0.29, 0.717) is 12.1 Å². The first kappa shape index (κ1) is 13.9. The Morgan fingerprint density at radius 1 is 1.00 bits per heavy atom. The summed E-state index contributed by atoms with van der Waals surface area (Å²) in [5.41, 5.74) is 0.822. The average molecular weight is 330 g/mol. The fourth-order valence-corrected chi connectivity index (χ4v) is 2.06. The lowest BCUT2D eigenvalue weighted by Crippen LogP contribution is -2.06. The summed E-state index contributed by atoms with van der Waals surface area (Å²) in [7, 11) is 0. The molecule has 0 unspecified atom stereocenters. The third-order valence-electron chi connectivity index (χ3n) is 2.58. The molecule has 1 N–H and O–H groups in total. The topological polar surface area (TPSA) is 12.0 Å². The highest BCUT2D eigenvalue weighted by Crippen LogP contribution is 2.29. The number of rotatable bonds is 3. The van der Waals surface area contributed by atoms with E-state index in [1.165, 1.54) is 6.07 Å². The summed E-state index contributed by atoms with van der Waals surface area (Å²) in [6.45, 7) is 0.348. The lowest BCUT2D eigenvalue weighted by molar-refractivity contribution is -0.137. The molecule has 5 heteroatoms. The fourth-order valence-electron chi connectivity index (χ4n) is 1.66. The van der Waals surface area contributed by atoms with Gasteiger partial charge in [0.15, 0.2) is 0 Å². The van der Waals surface area contributed by atoms with Crippen LogP contribution < -0.4 is 5.32 Å². The fraction of sp³-hybridized carbons (Fsp3) is 0.143. The summed E-state index contributed by atoms with van der Waals surface area (Å²) in [6, 6.07) is 12.8. The van der Waals surface area contributed by atoms with Crippen molar-refractivity contribution >= 4 is 21.6 Å². The second-order valence-electron chi connectivity index (χ2n) is 4.06. The van der Waals surface area contributed by atoms with Gasteiger partial charge in [-0.2, -0.15) is 13.2 Å². The van der Waals surface area contributed by atoms with Gasteiger partial charge in [-0.25, -0.2) is 0 Å². The summed E-state index contributed by atoms with van der Waals surface area (Å²) in [4.78, 5) is 0. The minimum absolute atomic E-state index is 0.348. The first-order chi connectivity index (χ1) is 8.95. The van der Waals surface area contributed by atoms with Crippen LogP contribution in [-0.4, -0.2) is 0 Å². The van der Waals surface area contributed by atoms with Gasteiger partial charge in [0.25, 0.3) is 0 Å². The zero-order valence-electron chi connectivity index (χ0n) is 9.84. The maximum Gasteiger partial charge on any atom is 0.416 e. The Morgan fingerprint density at radius 2 is 1.74 bits per heavy atom. The second-order valence-corrected chi connectivity index (χ2v) is 4.98. The van der Waals surface area contributed by atoms with Crippen LogP contribution >= 0.6 is 15.9 Å². The Balaban J connectivity index is 2.08. The van der Waals surface area contributed by atoms with Crippen molar-refractivity contribution in [3.8, 4) is 0 Å². The highest BCUT2D eigenvalue weighted by atomic mass is 79.9. The molecule has 0 heterocycles. The standard InChI is InChI=1S/C14H11BrF3N/c15-12-5-2-6-13(8-12)19-9-10-3-1-4-11(7-10)14(16,17)18/h1-8,19H,9H2. The van der Waals surface area contributed by atoms with Crippen LogP contribution in [0.2, 0.25) is 0 Å². The molecule has 0 aliphatic rings. The summed E-state index contributed by atoms with van der Waals surface area (Å²) in [5, 5.41) is 3.08. The van der Waals surface area contributed by atoms with E-state index >= 15 is 0 Å². The largest absolute Gasteiger partial charge is 0.416 e. The normalized spacial score (nSPS) is 11.4. The molecule has 2 rings (SSSR count). The molecular formula is C14H11BrF3N. The zero-order chi connectivity index (χ0) is 13.9. The van der Waals surface area contributed by atoms with Crippen LogP contribution in [-0.2, 0) is 12.7 Å². The Hall–Kier alpha value is -1.49. The van der Waals surface area contributed by atoms with Gasteiger partial charge in [0.1, 0.15) is 0 Å². The molecule has 0 spiro atoms. The second kappa shape index (κ2) is 5.65. The van der Waals surface area contributed by atoms with Crippen LogP contribution in [0, 0.1) is 0 Å². The van der Waals surface area contributed by atoms with Crippen molar-refractivity contribution in [2.45, 2.75) is 12.7 Å². The molecule has 100 valence electrons. The maximum absolute atomic E-state index is 12.6. The summed E-state index contributed by atoms with van der Waals surface area (Å²) in [5.74, 6) is 0. The highest BCUT2D eigenvalue weighted by Gasteiger charge is 2.30. The number of halogens is 4. The van der Waals surface area contributed by atoms with Crippen LogP contribution in [0.15, 0.2) is 53.0 Å². The number of hydrogen-bond acceptors (Lipinski definition) is 1. The monoisotopic (exact) mass is 329 g/mol. The van der Waals surface area contributed by atoms with Crippen molar-refractivity contribution in [2.75, 3.05) is 5.32 Å². The number of benzene rings is 2. The molecule has 0 aliphatic heterocycles. The van der Waals surface area contributed by atoms with E-state index in [4.69, 9.17) is 0 Å². The number of alkyl halides is 3. The Bertz CT molecular complexity index is 567. The van der Waals surface area contributed by atoms with E-state index in [1.54, 1.807) is 6.07 Å². The number of anilines is 1. The first-order valence-electron chi connectivity index (χ1n) is 5.61. The van der Waals surface area contributed by atoms with Gasteiger partial charge in [-0.3, -0.25) is 0 Å². The van der Waals surface area contributed by atoms with Gasteiger partial charge >= 0.3 is 6.18 Å². The molecule has 2 aromatic carbocycles. The van der Waals surface area contributed by atoms with E-state index in [0.717, 1.165) is 22.3 Å². The molecule has 0 fully saturated rings. The van der Waals surface area contributed by atoms with Crippen molar-refractivity contribution in [3.63, 3.8) is 0 Å². The number of nitrogens with one attached hydrogen (secondary N) is 1. The van der Waals surface area contributed by atoms with Crippen molar-refractivity contribution in [3.05, 3.63) is 64.1 Å². The Kier molecular flexibility index (Phi) is 4.14. The third-order valence-corrected chi connectivity index (χ3v) is 3.07. The molecule has 0 aromatic heterocycles. The Labute approximate surface area is 117 Å². The highest BCUT2D eigenvalue weighted by molar-refractivity contribution is 9.10. The zero-order valence-corrected chi connectivity index (χ0v) is 11.4. The molecule has 0 saturated heterocycles. The average Bonchev–Trinajstić information content (AvgIpc) is 2.36. The van der Waals surface area contributed by atoms with Gasteiger partial charge in [0, 0.05) is 16.7 Å². The molecule has 0 saturated carbocycles. The van der Waals surface area contributed by atoms with E-state index in [-0.39, 0.29) is 0 Å². The Morgan fingerprint density at radius 3 is 2.42 bits per heavy atom. The third kappa shape index (κ3) is 3.99. The van der Waals surface area contributed by atoms with Crippen LogP contribution in [0.3, 0.4) is 0 Å². The van der Waals surface area contributed by atoms with Gasteiger partial charge in [0.2, 0.25) is 0 Å². The molecule has 0 radical (unpaired) electrons. The van der Waals surface area contributed by atoms with Crippen molar-refractivity contribution in [2.24, 2.45) is 0 Å². The van der Waals surface area contributed by atoms with E-state index in [2.05, 4.69) is 21.2 Å². The van der Waals surface area contributed by atoms with Crippen molar-refractivity contribution in [1.82, 2.24) is 0 Å². The van der Waals surface area contributed by atoms with Crippen LogP contribution in [0.4, 0.5) is 18.9 Å². The molecule has 0 aliphatic carbocycles. The van der Waals surface area contributed by atoms with E-state index in [9.17, 15) is 13.2 Å². The van der Waals surface area contributed by atoms with Gasteiger partial charge in [-0.15, -0.1) is 0 Å². The predicted octanol–water partition coefficient (Wildman–Crippen LogP) is 5.08. The summed E-state index contributed by atoms with van der Waals surface area (Å²) >= 11 is 3.34. The minimum Gasteiger partial charge on any atom is -0.381 e. The quantitative estimate of drug-likeness (QED) is 0.827. The van der Waals surface area contributed by atoms with Crippen molar-refractivity contribution in [1.29, 1.82) is 0 Å².